The highest BCUT2D eigenvalue weighted by atomic mass is 19.4. The number of alkyl halides is 3. The molecule has 3 N–H and O–H groups in total. The number of rotatable bonds is 2. The summed E-state index contributed by atoms with van der Waals surface area (Å²) in [6.45, 7) is 1.38. The minimum atomic E-state index is -4.74. The predicted octanol–water partition coefficient (Wildman–Crippen LogP) is 2.70. The van der Waals surface area contributed by atoms with Crippen molar-refractivity contribution in [1.29, 1.82) is 10.5 Å². The summed E-state index contributed by atoms with van der Waals surface area (Å²) in [6.07, 6.45) is -4.74. The molecule has 0 saturated carbocycles. The largest absolute Gasteiger partial charge is 0.496 e. The summed E-state index contributed by atoms with van der Waals surface area (Å²) in [5.41, 5.74) is 2.57. The molecule has 9 heteroatoms. The molecule has 2 aromatic rings. The monoisotopic (exact) mass is 348 g/mol. The van der Waals surface area contributed by atoms with Gasteiger partial charge in [0, 0.05) is 5.56 Å². The van der Waals surface area contributed by atoms with Crippen molar-refractivity contribution in [2.24, 2.45) is 0 Å². The molecule has 0 aliphatic carbocycles. The maximum atomic E-state index is 13.3. The third-order valence-corrected chi connectivity index (χ3v) is 3.54. The molecule has 0 aliphatic rings. The standard InChI is InChI=1S/C16H11F3N4O2/c1-7-3-8(4-11(13(7)25-2)16(17,18)19)12-9(5-20)14(22)23-15(24)10(12)6-21/h3-4H,1-2H3,(H3,22,23,24). The van der Waals surface area contributed by atoms with E-state index in [0.29, 0.717) is 0 Å². The molecule has 6 nitrogen and oxygen atoms in total. The average Bonchev–Trinajstić information content (AvgIpc) is 2.52. The second-order valence-electron chi connectivity index (χ2n) is 5.09. The van der Waals surface area contributed by atoms with Gasteiger partial charge in [0.1, 0.15) is 34.8 Å². The Morgan fingerprint density at radius 3 is 2.28 bits per heavy atom. The first-order chi connectivity index (χ1) is 11.6. The number of hydrogen-bond acceptors (Lipinski definition) is 5. The molecule has 1 aromatic carbocycles. The molecule has 2 rings (SSSR count). The van der Waals surface area contributed by atoms with Gasteiger partial charge >= 0.3 is 6.18 Å². The number of aryl methyl sites for hydroxylation is 1. The van der Waals surface area contributed by atoms with Gasteiger partial charge in [0.15, 0.2) is 0 Å². The molecular weight excluding hydrogens is 337 g/mol. The highest BCUT2D eigenvalue weighted by Gasteiger charge is 2.36. The van der Waals surface area contributed by atoms with Crippen LogP contribution in [0.5, 0.6) is 5.75 Å². The summed E-state index contributed by atoms with van der Waals surface area (Å²) >= 11 is 0. The van der Waals surface area contributed by atoms with Gasteiger partial charge < -0.3 is 15.5 Å². The van der Waals surface area contributed by atoms with Crippen LogP contribution in [0.3, 0.4) is 0 Å². The number of hydrogen-bond donors (Lipinski definition) is 2. The van der Waals surface area contributed by atoms with Crippen molar-refractivity contribution in [1.82, 2.24) is 4.98 Å². The Morgan fingerprint density at radius 2 is 1.80 bits per heavy atom. The van der Waals surface area contributed by atoms with Crippen molar-refractivity contribution in [2.45, 2.75) is 13.1 Å². The molecule has 0 unspecified atom stereocenters. The van der Waals surface area contributed by atoms with E-state index in [9.17, 15) is 28.5 Å². The Balaban J connectivity index is 2.99. The number of H-pyrrole nitrogens is 1. The number of nitrogens with one attached hydrogen (secondary N) is 1. The molecule has 1 heterocycles. The van der Waals surface area contributed by atoms with Crippen LogP contribution in [-0.4, -0.2) is 12.1 Å². The van der Waals surface area contributed by atoms with Crippen molar-refractivity contribution >= 4 is 5.82 Å². The second-order valence-corrected chi connectivity index (χ2v) is 5.09. The minimum absolute atomic E-state index is 0.124. The number of aromatic nitrogens is 1. The molecule has 0 spiro atoms. The number of aromatic amines is 1. The number of benzene rings is 1. The van der Waals surface area contributed by atoms with Gasteiger partial charge in [0.2, 0.25) is 0 Å². The first-order valence-electron chi connectivity index (χ1n) is 6.77. The van der Waals surface area contributed by atoms with Crippen molar-refractivity contribution in [3.63, 3.8) is 0 Å². The fraction of sp³-hybridized carbons (Fsp3) is 0.188. The molecule has 0 atom stereocenters. The van der Waals surface area contributed by atoms with E-state index in [2.05, 4.69) is 4.98 Å². The number of halogens is 3. The maximum Gasteiger partial charge on any atom is 0.419 e. The fourth-order valence-corrected chi connectivity index (χ4v) is 2.53. The molecule has 1 aromatic heterocycles. The lowest BCUT2D eigenvalue weighted by Gasteiger charge is -2.17. The molecule has 0 saturated heterocycles. The first-order valence-corrected chi connectivity index (χ1v) is 6.77. The highest BCUT2D eigenvalue weighted by molar-refractivity contribution is 5.81. The fourth-order valence-electron chi connectivity index (χ4n) is 2.53. The number of nitrogens with zero attached hydrogens (tertiary/aromatic N) is 2. The normalized spacial score (nSPS) is 10.8. The summed E-state index contributed by atoms with van der Waals surface area (Å²) in [7, 11) is 1.10. The van der Waals surface area contributed by atoms with Crippen molar-refractivity contribution in [3.8, 4) is 29.0 Å². The van der Waals surface area contributed by atoms with Gasteiger partial charge in [0.05, 0.1) is 12.7 Å². The average molecular weight is 348 g/mol. The molecule has 0 radical (unpaired) electrons. The Kier molecular flexibility index (Phi) is 4.44. The Bertz CT molecular complexity index is 995. The topological polar surface area (TPSA) is 116 Å². The van der Waals surface area contributed by atoms with Crippen molar-refractivity contribution < 1.29 is 17.9 Å². The van der Waals surface area contributed by atoms with E-state index in [1.54, 1.807) is 12.1 Å². The molecule has 0 amide bonds. The van der Waals surface area contributed by atoms with Gasteiger partial charge in [-0.15, -0.1) is 0 Å². The van der Waals surface area contributed by atoms with E-state index in [0.717, 1.165) is 13.2 Å². The van der Waals surface area contributed by atoms with Gasteiger partial charge in [-0.3, -0.25) is 4.79 Å². The molecule has 25 heavy (non-hydrogen) atoms. The zero-order chi connectivity index (χ0) is 18.9. The number of nitriles is 2. The van der Waals surface area contributed by atoms with Gasteiger partial charge in [-0.05, 0) is 30.2 Å². The van der Waals surface area contributed by atoms with Crippen LogP contribution < -0.4 is 16.0 Å². The lowest BCUT2D eigenvalue weighted by Crippen LogP contribution is -2.17. The molecule has 0 fully saturated rings. The summed E-state index contributed by atoms with van der Waals surface area (Å²) in [4.78, 5) is 14.0. The van der Waals surface area contributed by atoms with E-state index >= 15 is 0 Å². The molecule has 0 aliphatic heterocycles. The van der Waals surface area contributed by atoms with Crippen LogP contribution >= 0.6 is 0 Å². The molecular formula is C16H11F3N4O2. The third-order valence-electron chi connectivity index (χ3n) is 3.54. The lowest BCUT2D eigenvalue weighted by atomic mass is 9.93. The highest BCUT2D eigenvalue weighted by Crippen LogP contribution is 2.41. The summed E-state index contributed by atoms with van der Waals surface area (Å²) in [5, 5.41) is 18.5. The van der Waals surface area contributed by atoms with E-state index in [1.807, 2.05) is 0 Å². The predicted molar refractivity (Wildman–Crippen MR) is 82.6 cm³/mol. The minimum Gasteiger partial charge on any atom is -0.496 e. The maximum absolute atomic E-state index is 13.3. The Labute approximate surface area is 139 Å². The van der Waals surface area contributed by atoms with E-state index in [-0.39, 0.29) is 33.8 Å². The van der Waals surface area contributed by atoms with E-state index in [1.165, 1.54) is 13.0 Å². The van der Waals surface area contributed by atoms with Crippen LogP contribution in [-0.2, 0) is 6.18 Å². The SMILES string of the molecule is COc1c(C)cc(-c2c(C#N)c(N)[nH]c(=O)c2C#N)cc1C(F)(F)F. The van der Waals surface area contributed by atoms with Gasteiger partial charge in [0.25, 0.3) is 5.56 Å². The van der Waals surface area contributed by atoms with Crippen LogP contribution in [0.15, 0.2) is 16.9 Å². The van der Waals surface area contributed by atoms with Crippen LogP contribution in [0.25, 0.3) is 11.1 Å². The van der Waals surface area contributed by atoms with Gasteiger partial charge in [-0.25, -0.2) is 0 Å². The second kappa shape index (κ2) is 6.21. The van der Waals surface area contributed by atoms with Crippen molar-refractivity contribution in [2.75, 3.05) is 12.8 Å². The zero-order valence-electron chi connectivity index (χ0n) is 13.1. The molecule has 0 bridgehead atoms. The smallest absolute Gasteiger partial charge is 0.419 e. The van der Waals surface area contributed by atoms with Gasteiger partial charge in [-0.1, -0.05) is 0 Å². The first kappa shape index (κ1) is 17.9. The van der Waals surface area contributed by atoms with Crippen LogP contribution in [0, 0.1) is 29.6 Å². The number of nitrogens with two attached hydrogens (primary N) is 1. The summed E-state index contributed by atoms with van der Waals surface area (Å²) < 4.78 is 44.8. The number of methoxy groups -OCH3 is 1. The quantitative estimate of drug-likeness (QED) is 0.866. The Hall–Kier alpha value is -3.46. The number of anilines is 1. The number of ether oxygens (including phenoxy) is 1. The zero-order valence-corrected chi connectivity index (χ0v) is 13.1. The summed E-state index contributed by atoms with van der Waals surface area (Å²) in [5.74, 6) is -0.713. The number of nitrogen functional groups attached to an aromatic ring is 1. The van der Waals surface area contributed by atoms with Gasteiger partial charge in [-0.2, -0.15) is 23.7 Å². The van der Waals surface area contributed by atoms with E-state index in [4.69, 9.17) is 10.5 Å². The van der Waals surface area contributed by atoms with Crippen LogP contribution in [0.4, 0.5) is 19.0 Å². The third kappa shape index (κ3) is 3.00. The lowest BCUT2D eigenvalue weighted by molar-refractivity contribution is -0.138. The van der Waals surface area contributed by atoms with E-state index < -0.39 is 22.9 Å². The van der Waals surface area contributed by atoms with Crippen molar-refractivity contribution in [3.05, 3.63) is 44.7 Å². The Morgan fingerprint density at radius 1 is 1.20 bits per heavy atom. The molecule has 128 valence electrons. The summed E-state index contributed by atoms with van der Waals surface area (Å²) in [6, 6.07) is 5.34. The van der Waals surface area contributed by atoms with Crippen LogP contribution in [0.1, 0.15) is 22.3 Å². The number of pyridine rings is 1. The van der Waals surface area contributed by atoms with Crippen LogP contribution in [0.2, 0.25) is 0 Å².